The quantitative estimate of drug-likeness (QED) is 0.828. The number of benzene rings is 2. The van der Waals surface area contributed by atoms with Gasteiger partial charge < -0.3 is 5.32 Å². The van der Waals surface area contributed by atoms with Crippen molar-refractivity contribution < 1.29 is 4.39 Å². The molecule has 106 valence electrons. The zero-order valence-electron chi connectivity index (χ0n) is 11.8. The number of hydrogen-bond donors (Lipinski definition) is 1. The van der Waals surface area contributed by atoms with E-state index in [-0.39, 0.29) is 5.82 Å². The van der Waals surface area contributed by atoms with E-state index in [2.05, 4.69) is 52.4 Å². The lowest BCUT2D eigenvalue weighted by Gasteiger charge is -2.15. The SMILES string of the molecule is Cc1cc(F)ccc1CCNC(C)c1ccc(Br)cc1. The van der Waals surface area contributed by atoms with Gasteiger partial charge in [-0.2, -0.15) is 0 Å². The molecule has 2 rings (SSSR count). The Balaban J connectivity index is 1.87. The average Bonchev–Trinajstić information content (AvgIpc) is 2.42. The Morgan fingerprint density at radius 1 is 1.15 bits per heavy atom. The summed E-state index contributed by atoms with van der Waals surface area (Å²) in [6, 6.07) is 13.6. The molecule has 1 N–H and O–H groups in total. The lowest BCUT2D eigenvalue weighted by molar-refractivity contribution is 0.575. The molecule has 0 saturated carbocycles. The fourth-order valence-corrected chi connectivity index (χ4v) is 2.50. The van der Waals surface area contributed by atoms with Crippen molar-refractivity contribution in [2.45, 2.75) is 26.3 Å². The fourth-order valence-electron chi connectivity index (χ4n) is 2.23. The molecular formula is C17H19BrFN. The first-order chi connectivity index (χ1) is 9.56. The number of hydrogen-bond acceptors (Lipinski definition) is 1. The van der Waals surface area contributed by atoms with Gasteiger partial charge in [-0.3, -0.25) is 0 Å². The summed E-state index contributed by atoms with van der Waals surface area (Å²) in [5.41, 5.74) is 3.48. The lowest BCUT2D eigenvalue weighted by Crippen LogP contribution is -2.21. The molecule has 0 aromatic heterocycles. The summed E-state index contributed by atoms with van der Waals surface area (Å²) in [4.78, 5) is 0. The summed E-state index contributed by atoms with van der Waals surface area (Å²) < 4.78 is 14.1. The molecule has 0 aliphatic heterocycles. The Kier molecular flexibility index (Phi) is 5.32. The van der Waals surface area contributed by atoms with Crippen molar-refractivity contribution in [1.29, 1.82) is 0 Å². The molecule has 1 unspecified atom stereocenters. The van der Waals surface area contributed by atoms with E-state index in [1.807, 2.05) is 13.0 Å². The van der Waals surface area contributed by atoms with Crippen LogP contribution in [0.15, 0.2) is 46.9 Å². The van der Waals surface area contributed by atoms with E-state index >= 15 is 0 Å². The van der Waals surface area contributed by atoms with Crippen molar-refractivity contribution in [2.24, 2.45) is 0 Å². The van der Waals surface area contributed by atoms with Crippen LogP contribution in [0.5, 0.6) is 0 Å². The summed E-state index contributed by atoms with van der Waals surface area (Å²) in [7, 11) is 0. The standard InChI is InChI=1S/C17H19BrFN/c1-12-11-17(19)8-5-14(12)9-10-20-13(2)15-3-6-16(18)7-4-15/h3-8,11,13,20H,9-10H2,1-2H3. The third kappa shape index (κ3) is 4.15. The van der Waals surface area contributed by atoms with Crippen LogP contribution in [0.1, 0.15) is 29.7 Å². The van der Waals surface area contributed by atoms with E-state index in [1.54, 1.807) is 6.07 Å². The Labute approximate surface area is 128 Å². The van der Waals surface area contributed by atoms with Gasteiger partial charge in [-0.05, 0) is 67.8 Å². The zero-order valence-corrected chi connectivity index (χ0v) is 13.4. The molecule has 0 spiro atoms. The second-order valence-corrected chi connectivity index (χ2v) is 5.96. The maximum Gasteiger partial charge on any atom is 0.123 e. The largest absolute Gasteiger partial charge is 0.310 e. The highest BCUT2D eigenvalue weighted by Gasteiger charge is 2.05. The number of halogens is 2. The first kappa shape index (κ1) is 15.2. The molecule has 1 nitrogen and oxygen atoms in total. The Hall–Kier alpha value is -1.19. The molecule has 0 saturated heterocycles. The van der Waals surface area contributed by atoms with Crippen molar-refractivity contribution in [1.82, 2.24) is 5.32 Å². The van der Waals surface area contributed by atoms with E-state index in [1.165, 1.54) is 17.2 Å². The highest BCUT2D eigenvalue weighted by Crippen LogP contribution is 2.17. The van der Waals surface area contributed by atoms with Crippen LogP contribution in [0.4, 0.5) is 4.39 Å². The third-order valence-electron chi connectivity index (χ3n) is 3.52. The van der Waals surface area contributed by atoms with Gasteiger partial charge in [-0.15, -0.1) is 0 Å². The van der Waals surface area contributed by atoms with Crippen LogP contribution in [0.25, 0.3) is 0 Å². The van der Waals surface area contributed by atoms with Gasteiger partial charge in [-0.1, -0.05) is 34.1 Å². The Bertz CT molecular complexity index is 566. The zero-order chi connectivity index (χ0) is 14.5. The molecule has 0 amide bonds. The van der Waals surface area contributed by atoms with Crippen LogP contribution < -0.4 is 5.32 Å². The van der Waals surface area contributed by atoms with E-state index < -0.39 is 0 Å². The van der Waals surface area contributed by atoms with Gasteiger partial charge in [-0.25, -0.2) is 4.39 Å². The molecule has 0 bridgehead atoms. The predicted molar refractivity (Wildman–Crippen MR) is 85.4 cm³/mol. The molecule has 20 heavy (non-hydrogen) atoms. The maximum atomic E-state index is 13.0. The molecule has 1 atom stereocenters. The van der Waals surface area contributed by atoms with Crippen molar-refractivity contribution in [3.05, 3.63) is 69.4 Å². The second kappa shape index (κ2) is 7.00. The van der Waals surface area contributed by atoms with Gasteiger partial charge in [0.15, 0.2) is 0 Å². The van der Waals surface area contributed by atoms with E-state index in [4.69, 9.17) is 0 Å². The molecule has 0 fully saturated rings. The van der Waals surface area contributed by atoms with Crippen LogP contribution >= 0.6 is 15.9 Å². The minimum atomic E-state index is -0.164. The van der Waals surface area contributed by atoms with Gasteiger partial charge in [0.05, 0.1) is 0 Å². The van der Waals surface area contributed by atoms with E-state index in [9.17, 15) is 4.39 Å². The topological polar surface area (TPSA) is 12.0 Å². The molecule has 3 heteroatoms. The molecule has 0 radical (unpaired) electrons. The molecule has 0 aliphatic rings. The highest BCUT2D eigenvalue weighted by molar-refractivity contribution is 9.10. The normalized spacial score (nSPS) is 12.4. The molecule has 2 aromatic carbocycles. The minimum absolute atomic E-state index is 0.164. The van der Waals surface area contributed by atoms with E-state index in [0.717, 1.165) is 23.0 Å². The van der Waals surface area contributed by atoms with Crippen LogP contribution in [-0.2, 0) is 6.42 Å². The third-order valence-corrected chi connectivity index (χ3v) is 4.05. The minimum Gasteiger partial charge on any atom is -0.310 e. The lowest BCUT2D eigenvalue weighted by atomic mass is 10.0. The van der Waals surface area contributed by atoms with Crippen LogP contribution in [0, 0.1) is 12.7 Å². The first-order valence-electron chi connectivity index (χ1n) is 6.80. The van der Waals surface area contributed by atoms with Gasteiger partial charge in [0.1, 0.15) is 5.82 Å². The van der Waals surface area contributed by atoms with Gasteiger partial charge in [0.25, 0.3) is 0 Å². The fraction of sp³-hybridized carbons (Fsp3) is 0.294. The number of rotatable bonds is 5. The average molecular weight is 336 g/mol. The number of aryl methyl sites for hydroxylation is 1. The second-order valence-electron chi connectivity index (χ2n) is 5.05. The molecular weight excluding hydrogens is 317 g/mol. The first-order valence-corrected chi connectivity index (χ1v) is 7.59. The highest BCUT2D eigenvalue weighted by atomic mass is 79.9. The van der Waals surface area contributed by atoms with Crippen LogP contribution in [0.2, 0.25) is 0 Å². The number of nitrogens with one attached hydrogen (secondary N) is 1. The maximum absolute atomic E-state index is 13.0. The predicted octanol–water partition coefficient (Wildman–Crippen LogP) is 4.79. The summed E-state index contributed by atoms with van der Waals surface area (Å²) in [5, 5.41) is 3.50. The van der Waals surface area contributed by atoms with E-state index in [0.29, 0.717) is 6.04 Å². The van der Waals surface area contributed by atoms with Crippen LogP contribution in [0.3, 0.4) is 0 Å². The summed E-state index contributed by atoms with van der Waals surface area (Å²) in [6.07, 6.45) is 0.910. The van der Waals surface area contributed by atoms with Gasteiger partial charge >= 0.3 is 0 Å². The summed E-state index contributed by atoms with van der Waals surface area (Å²) in [5.74, 6) is -0.164. The molecule has 0 aliphatic carbocycles. The Morgan fingerprint density at radius 2 is 1.85 bits per heavy atom. The van der Waals surface area contributed by atoms with Crippen molar-refractivity contribution >= 4 is 15.9 Å². The van der Waals surface area contributed by atoms with Crippen molar-refractivity contribution in [2.75, 3.05) is 6.54 Å². The summed E-state index contributed by atoms with van der Waals surface area (Å²) in [6.45, 7) is 4.99. The molecule has 0 heterocycles. The van der Waals surface area contributed by atoms with Crippen LogP contribution in [-0.4, -0.2) is 6.54 Å². The smallest absolute Gasteiger partial charge is 0.123 e. The molecule has 2 aromatic rings. The van der Waals surface area contributed by atoms with Crippen molar-refractivity contribution in [3.8, 4) is 0 Å². The Morgan fingerprint density at radius 3 is 2.50 bits per heavy atom. The van der Waals surface area contributed by atoms with Crippen molar-refractivity contribution in [3.63, 3.8) is 0 Å². The van der Waals surface area contributed by atoms with Gasteiger partial charge in [0, 0.05) is 10.5 Å². The van der Waals surface area contributed by atoms with Gasteiger partial charge in [0.2, 0.25) is 0 Å². The summed E-state index contributed by atoms with van der Waals surface area (Å²) >= 11 is 3.44. The monoisotopic (exact) mass is 335 g/mol.